The van der Waals surface area contributed by atoms with Gasteiger partial charge in [0.05, 0.1) is 11.0 Å². The Bertz CT molecular complexity index is 745. The fourth-order valence-electron chi connectivity index (χ4n) is 2.09. The zero-order valence-corrected chi connectivity index (χ0v) is 12.9. The van der Waals surface area contributed by atoms with Gasteiger partial charge in [0.25, 0.3) is 0 Å². The van der Waals surface area contributed by atoms with Gasteiger partial charge in [-0.05, 0) is 24.6 Å². The van der Waals surface area contributed by atoms with Gasteiger partial charge < -0.3 is 5.32 Å². The van der Waals surface area contributed by atoms with Crippen molar-refractivity contribution < 1.29 is 4.79 Å². The van der Waals surface area contributed by atoms with Crippen molar-refractivity contribution in [3.63, 3.8) is 0 Å². The predicted octanol–water partition coefficient (Wildman–Crippen LogP) is 2.17. The van der Waals surface area contributed by atoms with Gasteiger partial charge in [0.1, 0.15) is 0 Å². The van der Waals surface area contributed by atoms with Crippen molar-refractivity contribution in [2.24, 2.45) is 19.5 Å². The van der Waals surface area contributed by atoms with Crippen LogP contribution in [0.4, 0.5) is 5.69 Å². The summed E-state index contributed by atoms with van der Waals surface area (Å²) >= 11 is 0. The van der Waals surface area contributed by atoms with E-state index in [4.69, 9.17) is 0 Å². The number of imidazole rings is 1. The van der Waals surface area contributed by atoms with Gasteiger partial charge in [-0.2, -0.15) is 0 Å². The third kappa shape index (κ3) is 2.24. The van der Waals surface area contributed by atoms with Gasteiger partial charge >= 0.3 is 5.69 Å². The van der Waals surface area contributed by atoms with E-state index in [1.54, 1.807) is 23.2 Å². The number of aryl methyl sites for hydroxylation is 3. The Morgan fingerprint density at radius 1 is 1.10 bits per heavy atom. The Morgan fingerprint density at radius 3 is 2.10 bits per heavy atom. The number of carbonyl (C=O) groups excluding carboxylic acids is 1. The highest BCUT2D eigenvalue weighted by Gasteiger charge is 2.22. The fraction of sp³-hybridized carbons (Fsp3) is 0.467. The maximum absolute atomic E-state index is 12.1. The molecule has 0 aliphatic heterocycles. The minimum absolute atomic E-state index is 0.0409. The Morgan fingerprint density at radius 2 is 1.60 bits per heavy atom. The van der Waals surface area contributed by atoms with Crippen LogP contribution in [0.25, 0.3) is 11.0 Å². The molecule has 0 radical (unpaired) electrons. The molecule has 2 aromatic rings. The van der Waals surface area contributed by atoms with Crippen molar-refractivity contribution in [3.8, 4) is 0 Å². The summed E-state index contributed by atoms with van der Waals surface area (Å²) in [4.78, 5) is 24.0. The number of hydrogen-bond acceptors (Lipinski definition) is 2. The highest BCUT2D eigenvalue weighted by atomic mass is 16.2. The first kappa shape index (κ1) is 14.4. The van der Waals surface area contributed by atoms with Crippen molar-refractivity contribution in [2.75, 3.05) is 5.32 Å². The maximum Gasteiger partial charge on any atom is 0.328 e. The van der Waals surface area contributed by atoms with Gasteiger partial charge in [0.2, 0.25) is 5.91 Å². The fourth-order valence-corrected chi connectivity index (χ4v) is 2.09. The summed E-state index contributed by atoms with van der Waals surface area (Å²) in [6.07, 6.45) is 0. The summed E-state index contributed by atoms with van der Waals surface area (Å²) < 4.78 is 3.19. The number of aromatic nitrogens is 2. The van der Waals surface area contributed by atoms with Crippen LogP contribution in [0.1, 0.15) is 26.3 Å². The van der Waals surface area contributed by atoms with Crippen LogP contribution in [-0.4, -0.2) is 15.0 Å². The molecule has 0 bridgehead atoms. The average Bonchev–Trinajstić information content (AvgIpc) is 2.54. The zero-order chi connectivity index (χ0) is 15.2. The molecule has 1 aromatic heterocycles. The number of nitrogens with zero attached hydrogens (tertiary/aromatic N) is 2. The highest BCUT2D eigenvalue weighted by Crippen LogP contribution is 2.24. The second kappa shape index (κ2) is 4.51. The first-order chi connectivity index (χ1) is 9.12. The first-order valence-corrected chi connectivity index (χ1v) is 6.60. The summed E-state index contributed by atoms with van der Waals surface area (Å²) in [5.74, 6) is -0.0409. The third-order valence-corrected chi connectivity index (χ3v) is 3.55. The number of benzene rings is 1. The molecular formula is C15H21N3O2. The maximum atomic E-state index is 12.1. The lowest BCUT2D eigenvalue weighted by Gasteiger charge is -2.19. The van der Waals surface area contributed by atoms with Crippen LogP contribution in [0.5, 0.6) is 0 Å². The van der Waals surface area contributed by atoms with Gasteiger partial charge in [-0.15, -0.1) is 0 Å². The molecule has 0 fully saturated rings. The van der Waals surface area contributed by atoms with E-state index in [2.05, 4.69) is 5.32 Å². The van der Waals surface area contributed by atoms with E-state index >= 15 is 0 Å². The van der Waals surface area contributed by atoms with Crippen LogP contribution in [0.3, 0.4) is 0 Å². The van der Waals surface area contributed by atoms with Crippen molar-refractivity contribution >= 4 is 22.6 Å². The largest absolute Gasteiger partial charge is 0.328 e. The number of nitrogens with one attached hydrogen (secondary N) is 1. The molecule has 1 N–H and O–H groups in total. The van der Waals surface area contributed by atoms with Crippen LogP contribution in [0.15, 0.2) is 16.9 Å². The summed E-state index contributed by atoms with van der Waals surface area (Å²) in [5.41, 5.74) is 2.84. The van der Waals surface area contributed by atoms with Gasteiger partial charge in [-0.3, -0.25) is 13.9 Å². The molecule has 0 saturated heterocycles. The number of amides is 1. The SMILES string of the molecule is Cc1cc2c(cc1NC(=O)C(C)(C)C)n(C)c(=O)n2C. The van der Waals surface area contributed by atoms with Crippen LogP contribution >= 0.6 is 0 Å². The number of hydrogen-bond donors (Lipinski definition) is 1. The number of rotatable bonds is 1. The molecule has 2 rings (SSSR count). The summed E-state index contributed by atoms with van der Waals surface area (Å²) in [5, 5.41) is 2.93. The van der Waals surface area contributed by atoms with Gasteiger partial charge in [-0.1, -0.05) is 20.8 Å². The summed E-state index contributed by atoms with van der Waals surface area (Å²) in [7, 11) is 3.48. The molecule has 0 saturated carbocycles. The standard InChI is InChI=1S/C15H21N3O2/c1-9-7-11-12(18(6)14(20)17(11)5)8-10(9)16-13(19)15(2,3)4/h7-8H,1-6H3,(H,16,19). The van der Waals surface area contributed by atoms with Crippen LogP contribution in [-0.2, 0) is 18.9 Å². The molecule has 0 atom stereocenters. The Balaban J connectivity index is 2.57. The van der Waals surface area contributed by atoms with Crippen LogP contribution in [0.2, 0.25) is 0 Å². The molecule has 1 amide bonds. The van der Waals surface area contributed by atoms with E-state index in [0.717, 1.165) is 22.3 Å². The normalized spacial score (nSPS) is 11.9. The third-order valence-electron chi connectivity index (χ3n) is 3.55. The van der Waals surface area contributed by atoms with Gasteiger partial charge in [-0.25, -0.2) is 4.79 Å². The van der Waals surface area contributed by atoms with Crippen molar-refractivity contribution in [1.82, 2.24) is 9.13 Å². The Labute approximate surface area is 118 Å². The zero-order valence-electron chi connectivity index (χ0n) is 12.9. The minimum Gasteiger partial charge on any atom is -0.325 e. The summed E-state index contributed by atoms with van der Waals surface area (Å²) in [6.45, 7) is 7.53. The van der Waals surface area contributed by atoms with E-state index in [0.29, 0.717) is 0 Å². The minimum atomic E-state index is -0.454. The van der Waals surface area contributed by atoms with Crippen molar-refractivity contribution in [1.29, 1.82) is 0 Å². The molecule has 20 heavy (non-hydrogen) atoms. The monoisotopic (exact) mass is 275 g/mol. The van der Waals surface area contributed by atoms with E-state index in [9.17, 15) is 9.59 Å². The number of anilines is 1. The molecule has 0 aliphatic rings. The van der Waals surface area contributed by atoms with Crippen LogP contribution < -0.4 is 11.0 Å². The predicted molar refractivity (Wildman–Crippen MR) is 81.0 cm³/mol. The topological polar surface area (TPSA) is 56.0 Å². The quantitative estimate of drug-likeness (QED) is 0.867. The molecule has 1 aromatic carbocycles. The molecule has 5 heteroatoms. The van der Waals surface area contributed by atoms with Gasteiger partial charge in [0, 0.05) is 25.2 Å². The molecule has 0 spiro atoms. The number of fused-ring (bicyclic) bond motifs is 1. The van der Waals surface area contributed by atoms with Crippen LogP contribution in [0, 0.1) is 12.3 Å². The molecule has 5 nitrogen and oxygen atoms in total. The molecular weight excluding hydrogens is 254 g/mol. The second-order valence-corrected chi connectivity index (χ2v) is 6.26. The van der Waals surface area contributed by atoms with Gasteiger partial charge in [0.15, 0.2) is 0 Å². The Kier molecular flexibility index (Phi) is 3.24. The highest BCUT2D eigenvalue weighted by molar-refractivity contribution is 5.97. The van der Waals surface area contributed by atoms with Crippen molar-refractivity contribution in [2.45, 2.75) is 27.7 Å². The van der Waals surface area contributed by atoms with E-state index in [-0.39, 0.29) is 11.6 Å². The molecule has 0 aliphatic carbocycles. The molecule has 108 valence electrons. The molecule has 1 heterocycles. The van der Waals surface area contributed by atoms with E-state index in [1.807, 2.05) is 39.8 Å². The lowest BCUT2D eigenvalue weighted by atomic mass is 9.95. The lowest BCUT2D eigenvalue weighted by molar-refractivity contribution is -0.123. The van der Waals surface area contributed by atoms with E-state index < -0.39 is 5.41 Å². The molecule has 0 unspecified atom stereocenters. The smallest absolute Gasteiger partial charge is 0.325 e. The lowest BCUT2D eigenvalue weighted by Crippen LogP contribution is -2.27. The number of carbonyl (C=O) groups is 1. The summed E-state index contributed by atoms with van der Waals surface area (Å²) in [6, 6.07) is 3.78. The van der Waals surface area contributed by atoms with Crippen molar-refractivity contribution in [3.05, 3.63) is 28.2 Å². The average molecular weight is 275 g/mol. The Hall–Kier alpha value is -2.04. The second-order valence-electron chi connectivity index (χ2n) is 6.26. The first-order valence-electron chi connectivity index (χ1n) is 6.60. The van der Waals surface area contributed by atoms with E-state index in [1.165, 1.54) is 0 Å².